The number of phosphoric acid groups is 1. The molecule has 0 bridgehead atoms. The lowest BCUT2D eigenvalue weighted by Gasteiger charge is -2.17. The molecule has 4 nitrogen and oxygen atoms in total. The van der Waals surface area contributed by atoms with Crippen molar-refractivity contribution in [3.63, 3.8) is 0 Å². The first-order valence-electron chi connectivity index (χ1n) is 5.69. The van der Waals surface area contributed by atoms with Crippen molar-refractivity contribution in [2.24, 2.45) is 0 Å². The minimum absolute atomic E-state index is 0.305. The minimum Gasteiger partial charge on any atom is -0.395 e. The highest BCUT2D eigenvalue weighted by atomic mass is 31.2. The van der Waals surface area contributed by atoms with Crippen molar-refractivity contribution in [2.75, 3.05) is 7.11 Å². The largest absolute Gasteiger partial charge is 0.587 e. The van der Waals surface area contributed by atoms with Crippen LogP contribution in [0.25, 0.3) is 0 Å². The number of allylic oxidation sites excluding steroid dienone is 4. The average molecular weight is 280 g/mol. The SMILES string of the molecule is C=C/C(=C\C=C/C)OP(=O)(OC)Oc1ccccc1. The molecule has 0 aliphatic carbocycles. The van der Waals surface area contributed by atoms with Gasteiger partial charge in [-0.1, -0.05) is 36.9 Å². The molecule has 1 rings (SSSR count). The molecule has 0 aliphatic heterocycles. The number of hydrogen-bond donors (Lipinski definition) is 0. The first-order valence-corrected chi connectivity index (χ1v) is 7.15. The third kappa shape index (κ3) is 5.16. The summed E-state index contributed by atoms with van der Waals surface area (Å²) in [7, 11) is -2.44. The van der Waals surface area contributed by atoms with E-state index in [-0.39, 0.29) is 0 Å². The van der Waals surface area contributed by atoms with Gasteiger partial charge in [-0.05, 0) is 31.2 Å². The summed E-state index contributed by atoms with van der Waals surface area (Å²) in [5.41, 5.74) is 0. The summed E-state index contributed by atoms with van der Waals surface area (Å²) in [5.74, 6) is 0.710. The van der Waals surface area contributed by atoms with Crippen LogP contribution in [0.4, 0.5) is 0 Å². The van der Waals surface area contributed by atoms with E-state index >= 15 is 0 Å². The topological polar surface area (TPSA) is 44.8 Å². The van der Waals surface area contributed by atoms with E-state index in [2.05, 4.69) is 6.58 Å². The Bertz CT molecular complexity index is 505. The van der Waals surface area contributed by atoms with Gasteiger partial charge in [0.2, 0.25) is 0 Å². The van der Waals surface area contributed by atoms with Gasteiger partial charge >= 0.3 is 7.82 Å². The van der Waals surface area contributed by atoms with Gasteiger partial charge in [-0.25, -0.2) is 4.57 Å². The molecular weight excluding hydrogens is 263 g/mol. The van der Waals surface area contributed by atoms with Crippen LogP contribution in [-0.2, 0) is 13.6 Å². The van der Waals surface area contributed by atoms with Gasteiger partial charge in [-0.3, -0.25) is 4.52 Å². The highest BCUT2D eigenvalue weighted by Gasteiger charge is 2.29. The maximum Gasteiger partial charge on any atom is 0.587 e. The van der Waals surface area contributed by atoms with Crippen LogP contribution in [0.15, 0.2) is 67.0 Å². The van der Waals surface area contributed by atoms with E-state index in [4.69, 9.17) is 13.6 Å². The molecule has 1 atom stereocenters. The molecule has 0 fully saturated rings. The fourth-order valence-corrected chi connectivity index (χ4v) is 2.12. The van der Waals surface area contributed by atoms with Crippen molar-refractivity contribution in [1.82, 2.24) is 0 Å². The van der Waals surface area contributed by atoms with Crippen LogP contribution in [0.2, 0.25) is 0 Å². The smallest absolute Gasteiger partial charge is 0.395 e. The number of para-hydroxylation sites is 1. The van der Waals surface area contributed by atoms with Crippen molar-refractivity contribution in [1.29, 1.82) is 0 Å². The second-order valence-corrected chi connectivity index (χ2v) is 5.05. The molecule has 5 heteroatoms. The van der Waals surface area contributed by atoms with Gasteiger partial charge in [0.25, 0.3) is 0 Å². The molecule has 102 valence electrons. The van der Waals surface area contributed by atoms with E-state index in [0.29, 0.717) is 11.5 Å². The maximum atomic E-state index is 12.3. The van der Waals surface area contributed by atoms with Crippen LogP contribution in [-0.4, -0.2) is 7.11 Å². The zero-order chi connectivity index (χ0) is 14.1. The summed E-state index contributed by atoms with van der Waals surface area (Å²) in [6.45, 7) is 5.43. The highest BCUT2D eigenvalue weighted by molar-refractivity contribution is 7.49. The molecule has 0 heterocycles. The maximum absolute atomic E-state index is 12.3. The second kappa shape index (κ2) is 7.62. The number of hydrogen-bond acceptors (Lipinski definition) is 4. The van der Waals surface area contributed by atoms with E-state index in [9.17, 15) is 4.57 Å². The Balaban J connectivity index is 2.86. The van der Waals surface area contributed by atoms with E-state index in [0.717, 1.165) is 0 Å². The van der Waals surface area contributed by atoms with Gasteiger partial charge < -0.3 is 9.05 Å². The molecule has 0 saturated heterocycles. The fourth-order valence-electron chi connectivity index (χ4n) is 1.16. The predicted molar refractivity (Wildman–Crippen MR) is 75.9 cm³/mol. The van der Waals surface area contributed by atoms with Gasteiger partial charge in [-0.15, -0.1) is 0 Å². The lowest BCUT2D eigenvalue weighted by atomic mass is 10.3. The Labute approximate surface area is 113 Å². The lowest BCUT2D eigenvalue weighted by molar-refractivity contribution is 0.221. The van der Waals surface area contributed by atoms with Crippen LogP contribution in [0.5, 0.6) is 5.75 Å². The molecular formula is C14H17O4P. The Morgan fingerprint density at radius 2 is 2.00 bits per heavy atom. The van der Waals surface area contributed by atoms with Gasteiger partial charge in [0.1, 0.15) is 11.5 Å². The molecule has 0 saturated carbocycles. The van der Waals surface area contributed by atoms with Crippen LogP contribution >= 0.6 is 7.82 Å². The summed E-state index contributed by atoms with van der Waals surface area (Å²) in [5, 5.41) is 0. The quantitative estimate of drug-likeness (QED) is 0.419. The van der Waals surface area contributed by atoms with Gasteiger partial charge in [0.05, 0.1) is 0 Å². The summed E-state index contributed by atoms with van der Waals surface area (Å²) < 4.78 is 27.7. The Kier molecular flexibility index (Phi) is 6.13. The second-order valence-electron chi connectivity index (χ2n) is 3.42. The lowest BCUT2D eigenvalue weighted by Crippen LogP contribution is -1.99. The number of rotatable bonds is 7. The Morgan fingerprint density at radius 3 is 2.53 bits per heavy atom. The van der Waals surface area contributed by atoms with Crippen molar-refractivity contribution >= 4 is 7.82 Å². The molecule has 0 aromatic heterocycles. The van der Waals surface area contributed by atoms with Crippen molar-refractivity contribution in [2.45, 2.75) is 6.92 Å². The van der Waals surface area contributed by atoms with E-state index in [1.54, 1.807) is 36.4 Å². The van der Waals surface area contributed by atoms with Crippen molar-refractivity contribution < 1.29 is 18.1 Å². The third-order valence-electron chi connectivity index (χ3n) is 2.06. The highest BCUT2D eigenvalue weighted by Crippen LogP contribution is 2.50. The van der Waals surface area contributed by atoms with Crippen molar-refractivity contribution in [3.05, 3.63) is 67.0 Å². The van der Waals surface area contributed by atoms with Crippen molar-refractivity contribution in [3.8, 4) is 5.75 Å². The standard InChI is InChI=1S/C14H17O4P/c1-4-6-10-13(5-2)17-19(15,16-3)18-14-11-8-7-9-12-14/h4-12H,2H2,1,3H3/b6-4-,13-10+. The molecule has 0 aliphatic rings. The first-order chi connectivity index (χ1) is 9.13. The molecule has 0 spiro atoms. The summed E-state index contributed by atoms with van der Waals surface area (Å²) in [6, 6.07) is 8.68. The molecule has 1 aromatic rings. The van der Waals surface area contributed by atoms with Crippen LogP contribution < -0.4 is 4.52 Å². The van der Waals surface area contributed by atoms with Gasteiger partial charge in [-0.2, -0.15) is 0 Å². The monoisotopic (exact) mass is 280 g/mol. The molecule has 0 radical (unpaired) electrons. The Hall–Kier alpha value is -1.77. The van der Waals surface area contributed by atoms with Crippen LogP contribution in [0.1, 0.15) is 6.92 Å². The summed E-state index contributed by atoms with van der Waals surface area (Å²) >= 11 is 0. The molecule has 0 N–H and O–H groups in total. The zero-order valence-corrected chi connectivity index (χ0v) is 11.9. The average Bonchev–Trinajstić information content (AvgIpc) is 2.44. The molecule has 19 heavy (non-hydrogen) atoms. The van der Waals surface area contributed by atoms with Crippen LogP contribution in [0.3, 0.4) is 0 Å². The first kappa shape index (κ1) is 15.3. The predicted octanol–water partition coefficient (Wildman–Crippen LogP) is 4.48. The summed E-state index contributed by atoms with van der Waals surface area (Å²) in [4.78, 5) is 0. The van der Waals surface area contributed by atoms with Gasteiger partial charge in [0, 0.05) is 7.11 Å². The molecule has 0 amide bonds. The molecule has 1 aromatic carbocycles. The van der Waals surface area contributed by atoms with Crippen LogP contribution in [0, 0.1) is 0 Å². The van der Waals surface area contributed by atoms with E-state index < -0.39 is 7.82 Å². The number of benzene rings is 1. The zero-order valence-electron chi connectivity index (χ0n) is 11.0. The number of phosphoric ester groups is 1. The fraction of sp³-hybridized carbons (Fsp3) is 0.143. The minimum atomic E-state index is -3.71. The van der Waals surface area contributed by atoms with Gasteiger partial charge in [0.15, 0.2) is 0 Å². The Morgan fingerprint density at radius 1 is 1.32 bits per heavy atom. The van der Waals surface area contributed by atoms with E-state index in [1.807, 2.05) is 19.1 Å². The van der Waals surface area contributed by atoms with E-state index in [1.165, 1.54) is 13.2 Å². The molecule has 1 unspecified atom stereocenters. The summed E-state index contributed by atoms with van der Waals surface area (Å²) in [6.07, 6.45) is 6.59. The third-order valence-corrected chi connectivity index (χ3v) is 3.37. The normalized spacial score (nSPS) is 14.9.